The van der Waals surface area contributed by atoms with Crippen LogP contribution in [0.1, 0.15) is 31.7 Å². The molecule has 0 aliphatic heterocycles. The van der Waals surface area contributed by atoms with E-state index in [1.54, 1.807) is 0 Å². The highest BCUT2D eigenvalue weighted by molar-refractivity contribution is 5.86. The first-order valence-electron chi connectivity index (χ1n) is 9.86. The molecule has 2 rings (SSSR count). The van der Waals surface area contributed by atoms with Crippen molar-refractivity contribution in [1.82, 2.24) is 10.6 Å². The average molecular weight is 393 g/mol. The Balaban J connectivity index is 2.04. The largest absolute Gasteiger partial charge is 0.450 e. The maximum absolute atomic E-state index is 12.5. The number of benzene rings is 2. The highest BCUT2D eigenvalue weighted by Gasteiger charge is 2.21. The summed E-state index contributed by atoms with van der Waals surface area (Å²) in [6.07, 6.45) is 1.62. The smallest absolute Gasteiger partial charge is 0.407 e. The van der Waals surface area contributed by atoms with Gasteiger partial charge in [0.1, 0.15) is 6.04 Å². The number of nitriles is 1. The number of hydrogen-bond acceptors (Lipinski definition) is 4. The molecule has 1 atom stereocenters. The quantitative estimate of drug-likeness (QED) is 0.600. The van der Waals surface area contributed by atoms with Gasteiger partial charge in [-0.1, -0.05) is 67.9 Å². The Hall–Kier alpha value is -3.33. The Morgan fingerprint density at radius 3 is 2.41 bits per heavy atom. The van der Waals surface area contributed by atoms with E-state index in [0.29, 0.717) is 13.0 Å². The molecule has 6 nitrogen and oxygen atoms in total. The molecule has 2 amide bonds. The molecule has 0 spiro atoms. The third-order valence-electron chi connectivity index (χ3n) is 4.38. The summed E-state index contributed by atoms with van der Waals surface area (Å²) in [5.74, 6) is -0.333. The van der Waals surface area contributed by atoms with Crippen molar-refractivity contribution in [3.05, 3.63) is 60.2 Å². The summed E-state index contributed by atoms with van der Waals surface area (Å²) in [6.45, 7) is 2.56. The van der Waals surface area contributed by atoms with Crippen LogP contribution in [0, 0.1) is 11.3 Å². The van der Waals surface area contributed by atoms with Gasteiger partial charge in [-0.05, 0) is 23.1 Å². The summed E-state index contributed by atoms with van der Waals surface area (Å²) in [6, 6.07) is 19.1. The normalized spacial score (nSPS) is 11.2. The lowest BCUT2D eigenvalue weighted by Gasteiger charge is -2.18. The number of carbonyl (C=O) groups excluding carboxylic acids is 2. The Bertz CT molecular complexity index is 814. The molecule has 2 N–H and O–H groups in total. The van der Waals surface area contributed by atoms with Crippen LogP contribution in [0.2, 0.25) is 0 Å². The number of carbonyl (C=O) groups is 2. The van der Waals surface area contributed by atoms with Crippen molar-refractivity contribution < 1.29 is 14.3 Å². The van der Waals surface area contributed by atoms with Gasteiger partial charge < -0.3 is 15.4 Å². The van der Waals surface area contributed by atoms with Crippen LogP contribution in [-0.2, 0) is 16.0 Å². The van der Waals surface area contributed by atoms with E-state index in [1.165, 1.54) is 0 Å². The zero-order valence-electron chi connectivity index (χ0n) is 16.7. The molecule has 29 heavy (non-hydrogen) atoms. The molecule has 0 saturated heterocycles. The van der Waals surface area contributed by atoms with Gasteiger partial charge in [-0.2, -0.15) is 5.26 Å². The highest BCUT2D eigenvalue weighted by atomic mass is 16.5. The lowest BCUT2D eigenvalue weighted by Crippen LogP contribution is -2.48. The van der Waals surface area contributed by atoms with E-state index in [1.807, 2.05) is 67.6 Å². The van der Waals surface area contributed by atoms with E-state index >= 15 is 0 Å². The van der Waals surface area contributed by atoms with Crippen LogP contribution in [0.3, 0.4) is 0 Å². The van der Waals surface area contributed by atoms with E-state index in [4.69, 9.17) is 10.00 Å². The monoisotopic (exact) mass is 393 g/mol. The van der Waals surface area contributed by atoms with E-state index in [2.05, 4.69) is 10.6 Å². The first kappa shape index (κ1) is 22.0. The van der Waals surface area contributed by atoms with Crippen LogP contribution < -0.4 is 10.6 Å². The molecule has 0 saturated carbocycles. The molecule has 0 aliphatic rings. The number of hydrogen-bond donors (Lipinski definition) is 2. The molecule has 0 radical (unpaired) electrons. The molecular formula is C23H27N3O3. The van der Waals surface area contributed by atoms with Crippen molar-refractivity contribution in [2.75, 3.05) is 13.2 Å². The Kier molecular flexibility index (Phi) is 9.23. The minimum Gasteiger partial charge on any atom is -0.450 e. The number of alkyl carbamates (subject to hydrolysis) is 1. The lowest BCUT2D eigenvalue weighted by molar-refractivity contribution is -0.123. The number of amides is 2. The fourth-order valence-electron chi connectivity index (χ4n) is 2.77. The maximum Gasteiger partial charge on any atom is 0.407 e. The molecule has 152 valence electrons. The lowest BCUT2D eigenvalue weighted by atomic mass is 10.0. The van der Waals surface area contributed by atoms with E-state index in [0.717, 1.165) is 29.5 Å². The second-order valence-corrected chi connectivity index (χ2v) is 6.65. The molecular weight excluding hydrogens is 366 g/mol. The number of unbranched alkanes of at least 4 members (excludes halogenated alkanes) is 1. The van der Waals surface area contributed by atoms with Crippen molar-refractivity contribution in [1.29, 1.82) is 5.26 Å². The molecule has 0 heterocycles. The molecule has 2 aromatic carbocycles. The molecule has 6 heteroatoms. The van der Waals surface area contributed by atoms with Gasteiger partial charge in [-0.25, -0.2) is 4.79 Å². The predicted molar refractivity (Wildman–Crippen MR) is 112 cm³/mol. The summed E-state index contributed by atoms with van der Waals surface area (Å²) in [4.78, 5) is 24.5. The minimum absolute atomic E-state index is 0.213. The SMILES string of the molecule is CCCCOC(=O)NC(Cc1ccc(-c2ccccc2)cc1)C(=O)NCCC#N. The zero-order chi connectivity index (χ0) is 20.9. The molecule has 2 aromatic rings. The van der Waals surface area contributed by atoms with Gasteiger partial charge in [0.2, 0.25) is 5.91 Å². The van der Waals surface area contributed by atoms with Crippen LogP contribution in [0.15, 0.2) is 54.6 Å². The zero-order valence-corrected chi connectivity index (χ0v) is 16.7. The molecule has 0 fully saturated rings. The van der Waals surface area contributed by atoms with E-state index in [9.17, 15) is 9.59 Å². The van der Waals surface area contributed by atoms with Crippen LogP contribution in [-0.4, -0.2) is 31.2 Å². The van der Waals surface area contributed by atoms with Gasteiger partial charge in [-0.3, -0.25) is 4.79 Å². The Labute approximate surface area is 171 Å². The van der Waals surface area contributed by atoms with Gasteiger partial charge in [0.25, 0.3) is 0 Å². The summed E-state index contributed by atoms with van der Waals surface area (Å²) >= 11 is 0. The summed E-state index contributed by atoms with van der Waals surface area (Å²) in [5.41, 5.74) is 3.11. The minimum atomic E-state index is -0.773. The number of ether oxygens (including phenoxy) is 1. The fraction of sp³-hybridized carbons (Fsp3) is 0.348. The molecule has 0 bridgehead atoms. The Morgan fingerprint density at radius 1 is 1.07 bits per heavy atom. The van der Waals surface area contributed by atoms with Gasteiger partial charge in [0, 0.05) is 13.0 Å². The van der Waals surface area contributed by atoms with E-state index in [-0.39, 0.29) is 18.9 Å². The predicted octanol–water partition coefficient (Wildman–Crippen LogP) is 3.82. The molecule has 0 aliphatic carbocycles. The maximum atomic E-state index is 12.5. The first-order valence-corrected chi connectivity index (χ1v) is 9.86. The summed E-state index contributed by atoms with van der Waals surface area (Å²) in [7, 11) is 0. The second kappa shape index (κ2) is 12.2. The fourth-order valence-corrected chi connectivity index (χ4v) is 2.77. The van der Waals surface area contributed by atoms with Crippen LogP contribution in [0.25, 0.3) is 11.1 Å². The molecule has 1 unspecified atom stereocenters. The van der Waals surface area contributed by atoms with Crippen LogP contribution >= 0.6 is 0 Å². The van der Waals surface area contributed by atoms with Crippen molar-refractivity contribution in [3.63, 3.8) is 0 Å². The first-order chi connectivity index (χ1) is 14.1. The van der Waals surface area contributed by atoms with Gasteiger partial charge >= 0.3 is 6.09 Å². The van der Waals surface area contributed by atoms with Gasteiger partial charge in [-0.15, -0.1) is 0 Å². The number of rotatable bonds is 10. The summed E-state index contributed by atoms with van der Waals surface area (Å²) < 4.78 is 5.12. The van der Waals surface area contributed by atoms with Crippen molar-refractivity contribution in [3.8, 4) is 17.2 Å². The van der Waals surface area contributed by atoms with Gasteiger partial charge in [0.05, 0.1) is 19.1 Å². The van der Waals surface area contributed by atoms with Crippen molar-refractivity contribution in [2.45, 2.75) is 38.6 Å². The average Bonchev–Trinajstić information content (AvgIpc) is 2.75. The van der Waals surface area contributed by atoms with E-state index < -0.39 is 12.1 Å². The summed E-state index contributed by atoms with van der Waals surface area (Å²) in [5, 5.41) is 14.0. The van der Waals surface area contributed by atoms with Gasteiger partial charge in [0.15, 0.2) is 0 Å². The second-order valence-electron chi connectivity index (χ2n) is 6.65. The third kappa shape index (κ3) is 7.67. The highest BCUT2D eigenvalue weighted by Crippen LogP contribution is 2.19. The van der Waals surface area contributed by atoms with Crippen molar-refractivity contribution in [2.24, 2.45) is 0 Å². The standard InChI is InChI=1S/C23H27N3O3/c1-2-3-16-29-23(28)26-21(22(27)25-15-7-14-24)17-18-10-12-20(13-11-18)19-8-5-4-6-9-19/h4-6,8-13,21H,2-3,7,15-17H2,1H3,(H,25,27)(H,26,28). The topological polar surface area (TPSA) is 91.2 Å². The van der Waals surface area contributed by atoms with Crippen LogP contribution in [0.4, 0.5) is 4.79 Å². The third-order valence-corrected chi connectivity index (χ3v) is 4.38. The van der Waals surface area contributed by atoms with Crippen LogP contribution in [0.5, 0.6) is 0 Å². The molecule has 0 aromatic heterocycles. The van der Waals surface area contributed by atoms with Crippen molar-refractivity contribution >= 4 is 12.0 Å². The Morgan fingerprint density at radius 2 is 1.76 bits per heavy atom. The number of nitrogens with zero attached hydrogens (tertiary/aromatic N) is 1. The number of nitrogens with one attached hydrogen (secondary N) is 2.